The molecule has 1 nitrogen and oxygen atoms in total. The Morgan fingerprint density at radius 3 is 2.18 bits per heavy atom. The molecule has 0 heterocycles. The van der Waals surface area contributed by atoms with Crippen molar-refractivity contribution in [1.29, 1.82) is 0 Å². The second-order valence-electron chi connectivity index (χ2n) is 4.45. The molecule has 0 radical (unpaired) electrons. The maximum Gasteiger partial charge on any atom is 0.406 e. The fourth-order valence-corrected chi connectivity index (χ4v) is 2.41. The predicted molar refractivity (Wildman–Crippen MR) is 50.5 cm³/mol. The third-order valence-corrected chi connectivity index (χ3v) is 3.27. The zero-order chi connectivity index (χ0) is 13.3. The minimum absolute atomic E-state index is 0.00405. The lowest BCUT2D eigenvalue weighted by Gasteiger charge is -2.43. The lowest BCUT2D eigenvalue weighted by molar-refractivity contribution is -0.238. The van der Waals surface area contributed by atoms with Crippen LogP contribution in [0.2, 0.25) is 0 Å². The Bertz CT molecular complexity index is 255. The first-order chi connectivity index (χ1) is 7.62. The molecule has 0 bridgehead atoms. The van der Waals surface area contributed by atoms with Gasteiger partial charge in [0, 0.05) is 0 Å². The van der Waals surface area contributed by atoms with E-state index in [1.54, 1.807) is 0 Å². The highest BCUT2D eigenvalue weighted by Gasteiger charge is 2.59. The molecule has 1 fully saturated rings. The monoisotopic (exact) mass is 263 g/mol. The maximum absolute atomic E-state index is 12.9. The van der Waals surface area contributed by atoms with E-state index in [1.165, 1.54) is 6.92 Å². The summed E-state index contributed by atoms with van der Waals surface area (Å²) in [7, 11) is 0. The van der Waals surface area contributed by atoms with Crippen LogP contribution in [0.1, 0.15) is 32.6 Å². The Morgan fingerprint density at radius 2 is 1.76 bits per heavy atom. The van der Waals surface area contributed by atoms with E-state index in [0.29, 0.717) is 0 Å². The highest BCUT2D eigenvalue weighted by Crippen LogP contribution is 2.48. The normalized spacial score (nSPS) is 31.6. The van der Waals surface area contributed by atoms with E-state index in [0.717, 1.165) is 0 Å². The fourth-order valence-electron chi connectivity index (χ4n) is 2.41. The highest BCUT2D eigenvalue weighted by atomic mass is 19.4. The van der Waals surface area contributed by atoms with Crippen LogP contribution in [0.5, 0.6) is 0 Å². The molecule has 1 aliphatic carbocycles. The summed E-state index contributed by atoms with van der Waals surface area (Å²) in [5, 5.41) is 2.22. The van der Waals surface area contributed by atoms with Crippen LogP contribution in [-0.4, -0.2) is 24.4 Å². The quantitative estimate of drug-likeness (QED) is 0.750. The number of hydrogen-bond acceptors (Lipinski definition) is 1. The number of hydrogen-bond donors (Lipinski definition) is 1. The molecule has 0 saturated heterocycles. The Kier molecular flexibility index (Phi) is 4.01. The van der Waals surface area contributed by atoms with Gasteiger partial charge < -0.3 is 5.32 Å². The first kappa shape index (κ1) is 14.6. The highest BCUT2D eigenvalue weighted by molar-refractivity contribution is 5.00. The molecule has 0 aromatic carbocycles. The summed E-state index contributed by atoms with van der Waals surface area (Å²) < 4.78 is 76.3. The van der Waals surface area contributed by atoms with E-state index >= 15 is 0 Å². The molecule has 1 rings (SSSR count). The van der Waals surface area contributed by atoms with E-state index < -0.39 is 30.2 Å². The summed E-state index contributed by atoms with van der Waals surface area (Å²) in [6, 6.07) is 0. The van der Waals surface area contributed by atoms with Crippen molar-refractivity contribution in [3.8, 4) is 0 Å². The van der Waals surface area contributed by atoms with Crippen molar-refractivity contribution < 1.29 is 26.3 Å². The summed E-state index contributed by atoms with van der Waals surface area (Å²) in [4.78, 5) is 0. The summed E-state index contributed by atoms with van der Waals surface area (Å²) in [5.41, 5.74) is -2.37. The molecule has 2 atom stereocenters. The van der Waals surface area contributed by atoms with Crippen LogP contribution in [0.15, 0.2) is 0 Å². The van der Waals surface area contributed by atoms with Gasteiger partial charge >= 0.3 is 12.4 Å². The van der Waals surface area contributed by atoms with Crippen LogP contribution in [0.3, 0.4) is 0 Å². The standard InChI is InChI=1S/C10H15F6N/c1-2-17-8(10(14,15)16)5-3-4-7(6-8)9(11,12)13/h7,17H,2-6H2,1H3. The smallest absolute Gasteiger partial charge is 0.304 e. The van der Waals surface area contributed by atoms with Crippen molar-refractivity contribution in [3.63, 3.8) is 0 Å². The number of rotatable bonds is 2. The van der Waals surface area contributed by atoms with Gasteiger partial charge in [0.2, 0.25) is 0 Å². The second-order valence-corrected chi connectivity index (χ2v) is 4.45. The first-order valence-corrected chi connectivity index (χ1v) is 5.51. The average Bonchev–Trinajstić information content (AvgIpc) is 2.15. The zero-order valence-corrected chi connectivity index (χ0v) is 9.38. The van der Waals surface area contributed by atoms with Gasteiger partial charge in [-0.25, -0.2) is 0 Å². The van der Waals surface area contributed by atoms with Crippen LogP contribution in [0, 0.1) is 5.92 Å². The van der Waals surface area contributed by atoms with Crippen LogP contribution >= 0.6 is 0 Å². The molecule has 7 heteroatoms. The average molecular weight is 263 g/mol. The van der Waals surface area contributed by atoms with Gasteiger partial charge in [-0.15, -0.1) is 0 Å². The summed E-state index contributed by atoms with van der Waals surface area (Å²) in [6.07, 6.45) is -10.7. The molecule has 1 saturated carbocycles. The Balaban J connectivity index is 2.92. The van der Waals surface area contributed by atoms with Crippen molar-refractivity contribution >= 4 is 0 Å². The molecule has 17 heavy (non-hydrogen) atoms. The van der Waals surface area contributed by atoms with Crippen molar-refractivity contribution in [1.82, 2.24) is 5.32 Å². The Morgan fingerprint density at radius 1 is 1.18 bits per heavy atom. The van der Waals surface area contributed by atoms with Gasteiger partial charge in [-0.2, -0.15) is 26.3 Å². The third kappa shape index (κ3) is 3.05. The second kappa shape index (κ2) is 4.66. The van der Waals surface area contributed by atoms with Crippen LogP contribution in [0.4, 0.5) is 26.3 Å². The minimum Gasteiger partial charge on any atom is -0.304 e. The predicted octanol–water partition coefficient (Wildman–Crippen LogP) is 3.65. The Labute approximate surface area is 95.6 Å². The van der Waals surface area contributed by atoms with Crippen molar-refractivity contribution in [3.05, 3.63) is 0 Å². The van der Waals surface area contributed by atoms with Gasteiger partial charge in [0.25, 0.3) is 0 Å². The van der Waals surface area contributed by atoms with E-state index in [4.69, 9.17) is 0 Å². The van der Waals surface area contributed by atoms with Crippen molar-refractivity contribution in [2.75, 3.05) is 6.54 Å². The van der Waals surface area contributed by atoms with E-state index in [2.05, 4.69) is 5.32 Å². The number of nitrogens with one attached hydrogen (secondary N) is 1. The zero-order valence-electron chi connectivity index (χ0n) is 9.38. The molecule has 0 aromatic heterocycles. The molecule has 0 amide bonds. The SMILES string of the molecule is CCNC1(C(F)(F)F)CCCC(C(F)(F)F)C1. The van der Waals surface area contributed by atoms with Gasteiger partial charge in [-0.3, -0.25) is 0 Å². The molecule has 1 aliphatic rings. The fraction of sp³-hybridized carbons (Fsp3) is 1.00. The lowest BCUT2D eigenvalue weighted by Crippen LogP contribution is -2.60. The van der Waals surface area contributed by atoms with Gasteiger partial charge in [-0.1, -0.05) is 13.3 Å². The lowest BCUT2D eigenvalue weighted by atomic mass is 9.74. The molecule has 0 spiro atoms. The minimum atomic E-state index is -4.65. The number of halogens is 6. The molecular weight excluding hydrogens is 248 g/mol. The van der Waals surface area contributed by atoms with Gasteiger partial charge in [-0.05, 0) is 25.8 Å². The van der Waals surface area contributed by atoms with Crippen molar-refractivity contribution in [2.45, 2.75) is 50.5 Å². The van der Waals surface area contributed by atoms with E-state index in [-0.39, 0.29) is 25.8 Å². The number of alkyl halides is 6. The van der Waals surface area contributed by atoms with Crippen LogP contribution < -0.4 is 5.32 Å². The Hall–Kier alpha value is -0.460. The molecular formula is C10H15F6N. The summed E-state index contributed by atoms with van der Waals surface area (Å²) in [6.45, 7) is 1.47. The van der Waals surface area contributed by atoms with Crippen LogP contribution in [-0.2, 0) is 0 Å². The molecule has 0 aliphatic heterocycles. The van der Waals surface area contributed by atoms with Gasteiger partial charge in [0.1, 0.15) is 5.54 Å². The largest absolute Gasteiger partial charge is 0.406 e. The molecule has 0 aromatic rings. The van der Waals surface area contributed by atoms with Gasteiger partial charge in [0.15, 0.2) is 0 Å². The van der Waals surface area contributed by atoms with Crippen LogP contribution in [0.25, 0.3) is 0 Å². The maximum atomic E-state index is 12.9. The topological polar surface area (TPSA) is 12.0 Å². The van der Waals surface area contributed by atoms with Crippen molar-refractivity contribution in [2.24, 2.45) is 5.92 Å². The van der Waals surface area contributed by atoms with E-state index in [1.807, 2.05) is 0 Å². The first-order valence-electron chi connectivity index (χ1n) is 5.51. The molecule has 2 unspecified atom stereocenters. The molecule has 1 N–H and O–H groups in total. The summed E-state index contributed by atoms with van der Waals surface area (Å²) in [5.74, 6) is -1.86. The van der Waals surface area contributed by atoms with Gasteiger partial charge in [0.05, 0.1) is 5.92 Å². The summed E-state index contributed by atoms with van der Waals surface area (Å²) >= 11 is 0. The van der Waals surface area contributed by atoms with E-state index in [9.17, 15) is 26.3 Å². The molecule has 102 valence electrons. The third-order valence-electron chi connectivity index (χ3n) is 3.27.